The highest BCUT2D eigenvalue weighted by atomic mass is 16.5. The van der Waals surface area contributed by atoms with E-state index in [1.165, 1.54) is 4.68 Å². The molecule has 0 spiro atoms. The number of aliphatic hydroxyl groups excluding tert-OH is 1. The van der Waals surface area contributed by atoms with Crippen molar-refractivity contribution in [3.8, 4) is 5.95 Å². The summed E-state index contributed by atoms with van der Waals surface area (Å²) < 4.78 is 6.60. The smallest absolute Gasteiger partial charge is 0.257 e. The maximum atomic E-state index is 8.56. The lowest BCUT2D eigenvalue weighted by Gasteiger charge is -2.07. The highest BCUT2D eigenvalue weighted by Gasteiger charge is 2.05. The van der Waals surface area contributed by atoms with Crippen LogP contribution in [0.4, 0.5) is 11.9 Å². The maximum Gasteiger partial charge on any atom is 0.257 e. The number of aliphatic hydroxyl groups is 1. The van der Waals surface area contributed by atoms with Crippen LogP contribution in [0, 0.1) is 0 Å². The molecule has 2 heterocycles. The summed E-state index contributed by atoms with van der Waals surface area (Å²) in [5.74, 6) is 0.807. The van der Waals surface area contributed by atoms with Gasteiger partial charge in [-0.15, -0.1) is 0 Å². The Balaban J connectivity index is 1.97. The maximum absolute atomic E-state index is 8.56. The van der Waals surface area contributed by atoms with Gasteiger partial charge in [0.25, 0.3) is 5.95 Å². The molecule has 102 valence electrons. The molecule has 0 aromatic carbocycles. The van der Waals surface area contributed by atoms with Crippen molar-refractivity contribution < 1.29 is 9.84 Å². The summed E-state index contributed by atoms with van der Waals surface area (Å²) in [5, 5.41) is 15.5. The molecule has 0 radical (unpaired) electrons. The molecular formula is C10H15N7O2. The molecule has 0 saturated heterocycles. The van der Waals surface area contributed by atoms with Gasteiger partial charge in [0.05, 0.1) is 19.8 Å². The molecule has 0 atom stereocenters. The summed E-state index contributed by atoms with van der Waals surface area (Å²) in [7, 11) is 0. The van der Waals surface area contributed by atoms with Crippen LogP contribution in [0.1, 0.15) is 0 Å². The fourth-order valence-corrected chi connectivity index (χ4v) is 1.35. The number of hydrogen-bond donors (Lipinski definition) is 3. The molecule has 0 aliphatic heterocycles. The lowest BCUT2D eigenvalue weighted by atomic mass is 10.6. The monoisotopic (exact) mass is 265 g/mol. The second kappa shape index (κ2) is 6.61. The van der Waals surface area contributed by atoms with E-state index in [1.807, 2.05) is 0 Å². The fourth-order valence-electron chi connectivity index (χ4n) is 1.35. The van der Waals surface area contributed by atoms with Gasteiger partial charge in [0.15, 0.2) is 0 Å². The van der Waals surface area contributed by atoms with Crippen molar-refractivity contribution in [2.24, 2.45) is 0 Å². The molecule has 0 amide bonds. The number of nitrogens with zero attached hydrogens (tertiary/aromatic N) is 5. The first-order valence-electron chi connectivity index (χ1n) is 5.73. The van der Waals surface area contributed by atoms with Crippen LogP contribution in [0.3, 0.4) is 0 Å². The Morgan fingerprint density at radius 2 is 2.21 bits per heavy atom. The van der Waals surface area contributed by atoms with Gasteiger partial charge in [0, 0.05) is 18.9 Å². The largest absolute Gasteiger partial charge is 0.394 e. The average Bonchev–Trinajstić information content (AvgIpc) is 2.92. The van der Waals surface area contributed by atoms with Crippen LogP contribution in [-0.2, 0) is 4.74 Å². The number of ether oxygens (including phenoxy) is 1. The normalized spacial score (nSPS) is 10.6. The van der Waals surface area contributed by atoms with Crippen molar-refractivity contribution in [3.05, 3.63) is 18.5 Å². The third-order valence-corrected chi connectivity index (χ3v) is 2.12. The van der Waals surface area contributed by atoms with Crippen molar-refractivity contribution in [1.82, 2.24) is 24.7 Å². The number of nitrogens with one attached hydrogen (secondary N) is 1. The zero-order chi connectivity index (χ0) is 13.5. The summed E-state index contributed by atoms with van der Waals surface area (Å²) in [6.45, 7) is 1.24. The molecule has 0 aliphatic carbocycles. The molecule has 9 nitrogen and oxygen atoms in total. The van der Waals surface area contributed by atoms with E-state index in [0.717, 1.165) is 0 Å². The van der Waals surface area contributed by atoms with Crippen molar-refractivity contribution in [1.29, 1.82) is 0 Å². The Hall–Kier alpha value is -2.26. The Morgan fingerprint density at radius 1 is 1.32 bits per heavy atom. The number of nitrogens with two attached hydrogens (primary N) is 1. The van der Waals surface area contributed by atoms with Crippen LogP contribution in [0.25, 0.3) is 5.95 Å². The number of hydrogen-bond acceptors (Lipinski definition) is 8. The summed E-state index contributed by atoms with van der Waals surface area (Å²) in [6.07, 6.45) is 3.33. The minimum Gasteiger partial charge on any atom is -0.394 e. The zero-order valence-electron chi connectivity index (χ0n) is 10.2. The number of aromatic nitrogens is 5. The van der Waals surface area contributed by atoms with Crippen LogP contribution in [0.2, 0.25) is 0 Å². The summed E-state index contributed by atoms with van der Waals surface area (Å²) in [5.41, 5.74) is 5.61. The van der Waals surface area contributed by atoms with Crippen molar-refractivity contribution in [2.45, 2.75) is 0 Å². The minimum atomic E-state index is 0.00214. The number of rotatable bonds is 7. The van der Waals surface area contributed by atoms with Crippen LogP contribution in [0.5, 0.6) is 0 Å². The first-order chi connectivity index (χ1) is 9.29. The second-order valence-electron chi connectivity index (χ2n) is 3.53. The Kier molecular flexibility index (Phi) is 4.59. The number of anilines is 2. The van der Waals surface area contributed by atoms with E-state index in [2.05, 4.69) is 25.4 Å². The molecule has 0 fully saturated rings. The van der Waals surface area contributed by atoms with E-state index in [-0.39, 0.29) is 12.6 Å². The second-order valence-corrected chi connectivity index (χ2v) is 3.53. The molecule has 0 bridgehead atoms. The Labute approximate surface area is 109 Å². The van der Waals surface area contributed by atoms with Gasteiger partial charge >= 0.3 is 0 Å². The van der Waals surface area contributed by atoms with Gasteiger partial charge in [0.2, 0.25) is 11.9 Å². The highest BCUT2D eigenvalue weighted by Crippen LogP contribution is 2.05. The molecular weight excluding hydrogens is 250 g/mol. The predicted molar refractivity (Wildman–Crippen MR) is 67.8 cm³/mol. The van der Waals surface area contributed by atoms with E-state index < -0.39 is 0 Å². The third kappa shape index (κ3) is 3.86. The molecule has 0 saturated carbocycles. The molecule has 2 rings (SSSR count). The van der Waals surface area contributed by atoms with Gasteiger partial charge in [0.1, 0.15) is 0 Å². The first kappa shape index (κ1) is 13.2. The zero-order valence-corrected chi connectivity index (χ0v) is 10.2. The van der Waals surface area contributed by atoms with Gasteiger partial charge in [-0.25, -0.2) is 4.68 Å². The standard InChI is InChI=1S/C10H15N7O2/c11-8-14-9(12-3-6-19-7-5-18)16-10(15-8)17-4-1-2-13-17/h1-2,4,18H,3,5-7H2,(H3,11,12,14,15,16). The van der Waals surface area contributed by atoms with E-state index in [1.54, 1.807) is 18.5 Å². The van der Waals surface area contributed by atoms with Crippen LogP contribution in [-0.4, -0.2) is 56.2 Å². The topological polar surface area (TPSA) is 124 Å². The van der Waals surface area contributed by atoms with E-state index in [9.17, 15) is 0 Å². The molecule has 2 aromatic heterocycles. The average molecular weight is 265 g/mol. The molecule has 4 N–H and O–H groups in total. The highest BCUT2D eigenvalue weighted by molar-refractivity contribution is 5.34. The van der Waals surface area contributed by atoms with Gasteiger partial charge in [-0.1, -0.05) is 0 Å². The van der Waals surface area contributed by atoms with Crippen LogP contribution < -0.4 is 11.1 Å². The summed E-state index contributed by atoms with van der Waals surface area (Å²) in [6, 6.07) is 1.76. The quantitative estimate of drug-likeness (QED) is 0.548. The fraction of sp³-hybridized carbons (Fsp3) is 0.400. The van der Waals surface area contributed by atoms with Gasteiger partial charge in [-0.05, 0) is 6.07 Å². The number of nitrogen functional groups attached to an aromatic ring is 1. The lowest BCUT2D eigenvalue weighted by Crippen LogP contribution is -2.15. The van der Waals surface area contributed by atoms with E-state index in [0.29, 0.717) is 31.7 Å². The molecule has 2 aromatic rings. The van der Waals surface area contributed by atoms with Gasteiger partial charge in [-0.2, -0.15) is 20.1 Å². The van der Waals surface area contributed by atoms with E-state index in [4.69, 9.17) is 15.6 Å². The van der Waals surface area contributed by atoms with Gasteiger partial charge in [-0.3, -0.25) is 0 Å². The molecule has 19 heavy (non-hydrogen) atoms. The molecule has 9 heteroatoms. The Bertz CT molecular complexity index is 503. The Morgan fingerprint density at radius 3 is 2.95 bits per heavy atom. The lowest BCUT2D eigenvalue weighted by molar-refractivity contribution is 0.0991. The predicted octanol–water partition coefficient (Wildman–Crippen LogP) is -0.940. The van der Waals surface area contributed by atoms with Crippen LogP contribution >= 0.6 is 0 Å². The molecule has 0 unspecified atom stereocenters. The van der Waals surface area contributed by atoms with Crippen molar-refractivity contribution in [2.75, 3.05) is 37.4 Å². The third-order valence-electron chi connectivity index (χ3n) is 2.12. The first-order valence-corrected chi connectivity index (χ1v) is 5.73. The summed E-state index contributed by atoms with van der Waals surface area (Å²) in [4.78, 5) is 12.1. The van der Waals surface area contributed by atoms with Crippen LogP contribution in [0.15, 0.2) is 18.5 Å². The van der Waals surface area contributed by atoms with Crippen molar-refractivity contribution in [3.63, 3.8) is 0 Å². The molecule has 0 aliphatic rings. The minimum absolute atomic E-state index is 0.00214. The van der Waals surface area contributed by atoms with Gasteiger partial charge < -0.3 is 20.9 Å². The summed E-state index contributed by atoms with van der Waals surface area (Å²) >= 11 is 0. The SMILES string of the molecule is Nc1nc(NCCOCCO)nc(-n2cccn2)n1. The van der Waals surface area contributed by atoms with Crippen molar-refractivity contribution >= 4 is 11.9 Å². The van der Waals surface area contributed by atoms with E-state index >= 15 is 0 Å².